The third-order valence-electron chi connectivity index (χ3n) is 4.49. The second-order valence-electron chi connectivity index (χ2n) is 6.11. The summed E-state index contributed by atoms with van der Waals surface area (Å²) in [4.78, 5) is 15.0. The number of carbonyl (C=O) groups is 1. The summed E-state index contributed by atoms with van der Waals surface area (Å²) >= 11 is 0. The SMILES string of the molecule is CCN(CC)CCOC(=O)[C@@](O)(c1ccccc1)c1ccc(C)cc1. The van der Waals surface area contributed by atoms with E-state index >= 15 is 0 Å². The zero-order valence-electron chi connectivity index (χ0n) is 15.2. The van der Waals surface area contributed by atoms with Gasteiger partial charge < -0.3 is 14.7 Å². The molecule has 0 aliphatic rings. The Bertz CT molecular complexity index is 665. The van der Waals surface area contributed by atoms with E-state index in [0.717, 1.165) is 18.7 Å². The molecule has 2 aromatic carbocycles. The van der Waals surface area contributed by atoms with Crippen molar-refractivity contribution in [2.45, 2.75) is 26.4 Å². The molecule has 0 aliphatic heterocycles. The monoisotopic (exact) mass is 341 g/mol. The van der Waals surface area contributed by atoms with E-state index in [1.807, 2.05) is 25.1 Å². The van der Waals surface area contributed by atoms with Crippen molar-refractivity contribution in [3.05, 3.63) is 71.3 Å². The lowest BCUT2D eigenvalue weighted by Crippen LogP contribution is -2.40. The first-order valence-electron chi connectivity index (χ1n) is 8.77. The van der Waals surface area contributed by atoms with Crippen LogP contribution in [0, 0.1) is 6.92 Å². The largest absolute Gasteiger partial charge is 0.462 e. The van der Waals surface area contributed by atoms with E-state index in [-0.39, 0.29) is 6.61 Å². The van der Waals surface area contributed by atoms with E-state index < -0.39 is 11.6 Å². The zero-order chi connectivity index (χ0) is 18.3. The highest BCUT2D eigenvalue weighted by atomic mass is 16.5. The van der Waals surface area contributed by atoms with Gasteiger partial charge >= 0.3 is 5.97 Å². The maximum atomic E-state index is 12.8. The van der Waals surface area contributed by atoms with Crippen molar-refractivity contribution >= 4 is 5.97 Å². The summed E-state index contributed by atoms with van der Waals surface area (Å²) < 4.78 is 5.45. The minimum atomic E-state index is -1.81. The van der Waals surface area contributed by atoms with E-state index in [0.29, 0.717) is 17.7 Å². The van der Waals surface area contributed by atoms with Crippen molar-refractivity contribution < 1.29 is 14.6 Å². The smallest absolute Gasteiger partial charge is 0.347 e. The molecule has 0 saturated heterocycles. The predicted octanol–water partition coefficient (Wildman–Crippen LogP) is 3.12. The maximum Gasteiger partial charge on any atom is 0.347 e. The van der Waals surface area contributed by atoms with Crippen LogP contribution in [0.3, 0.4) is 0 Å². The van der Waals surface area contributed by atoms with Crippen molar-refractivity contribution in [2.24, 2.45) is 0 Å². The molecule has 0 bridgehead atoms. The Balaban J connectivity index is 2.26. The fourth-order valence-corrected chi connectivity index (χ4v) is 2.79. The number of nitrogens with zero attached hydrogens (tertiary/aromatic N) is 1. The number of rotatable bonds is 8. The molecule has 0 unspecified atom stereocenters. The van der Waals surface area contributed by atoms with Crippen LogP contribution in [0.2, 0.25) is 0 Å². The van der Waals surface area contributed by atoms with E-state index in [4.69, 9.17) is 4.74 Å². The number of aryl methyl sites for hydroxylation is 1. The fraction of sp³-hybridized carbons (Fsp3) is 0.381. The molecule has 0 aromatic heterocycles. The van der Waals surface area contributed by atoms with Crippen molar-refractivity contribution in [1.29, 1.82) is 0 Å². The van der Waals surface area contributed by atoms with Gasteiger partial charge in [0.1, 0.15) is 6.61 Å². The molecule has 0 spiro atoms. The molecule has 4 heteroatoms. The Hall–Kier alpha value is -2.17. The lowest BCUT2D eigenvalue weighted by molar-refractivity contribution is -0.162. The molecule has 0 amide bonds. The van der Waals surface area contributed by atoms with Gasteiger partial charge in [0.2, 0.25) is 5.60 Å². The number of carbonyl (C=O) groups excluding carboxylic acids is 1. The summed E-state index contributed by atoms with van der Waals surface area (Å²) in [6, 6.07) is 16.2. The highest BCUT2D eigenvalue weighted by Gasteiger charge is 2.41. The molecule has 0 aliphatic carbocycles. The molecule has 134 valence electrons. The lowest BCUT2D eigenvalue weighted by Gasteiger charge is -2.28. The van der Waals surface area contributed by atoms with Crippen molar-refractivity contribution in [1.82, 2.24) is 4.90 Å². The molecule has 1 atom stereocenters. The van der Waals surface area contributed by atoms with Gasteiger partial charge in [-0.1, -0.05) is 74.0 Å². The summed E-state index contributed by atoms with van der Waals surface area (Å²) in [7, 11) is 0. The molecule has 0 fully saturated rings. The molecule has 2 aromatic rings. The van der Waals surface area contributed by atoms with Gasteiger partial charge in [0.15, 0.2) is 0 Å². The van der Waals surface area contributed by atoms with Gasteiger partial charge in [0.25, 0.3) is 0 Å². The van der Waals surface area contributed by atoms with Crippen molar-refractivity contribution in [2.75, 3.05) is 26.2 Å². The highest BCUT2D eigenvalue weighted by Crippen LogP contribution is 2.31. The van der Waals surface area contributed by atoms with Crippen LogP contribution in [0.1, 0.15) is 30.5 Å². The van der Waals surface area contributed by atoms with Gasteiger partial charge in [-0.05, 0) is 31.1 Å². The standard InChI is InChI=1S/C21H27NO3/c1-4-22(5-2)15-16-25-20(23)21(24,18-9-7-6-8-10-18)19-13-11-17(3)12-14-19/h6-14,24H,4-5,15-16H2,1-3H3/t21-/m1/s1. The van der Waals surface area contributed by atoms with E-state index in [1.165, 1.54) is 0 Å². The third kappa shape index (κ3) is 4.47. The fourth-order valence-electron chi connectivity index (χ4n) is 2.79. The molecule has 0 saturated carbocycles. The quantitative estimate of drug-likeness (QED) is 0.750. The number of hydrogen-bond acceptors (Lipinski definition) is 4. The zero-order valence-corrected chi connectivity index (χ0v) is 15.2. The first-order valence-corrected chi connectivity index (χ1v) is 8.77. The first-order chi connectivity index (χ1) is 12.0. The van der Waals surface area contributed by atoms with Crippen molar-refractivity contribution in [3.63, 3.8) is 0 Å². The van der Waals surface area contributed by atoms with E-state index in [1.54, 1.807) is 36.4 Å². The Morgan fingerprint density at radius 1 is 1.00 bits per heavy atom. The maximum absolute atomic E-state index is 12.8. The minimum absolute atomic E-state index is 0.252. The van der Waals surface area contributed by atoms with Gasteiger partial charge in [-0.15, -0.1) is 0 Å². The second kappa shape index (κ2) is 8.79. The predicted molar refractivity (Wildman–Crippen MR) is 99.4 cm³/mol. The molecular formula is C21H27NO3. The minimum Gasteiger partial charge on any atom is -0.462 e. The van der Waals surface area contributed by atoms with Crippen LogP contribution in [0.5, 0.6) is 0 Å². The average Bonchev–Trinajstić information content (AvgIpc) is 2.65. The molecule has 1 N–H and O–H groups in total. The van der Waals surface area contributed by atoms with Crippen LogP contribution in [0.15, 0.2) is 54.6 Å². The Morgan fingerprint density at radius 2 is 1.56 bits per heavy atom. The topological polar surface area (TPSA) is 49.8 Å². The first kappa shape index (κ1) is 19.2. The molecular weight excluding hydrogens is 314 g/mol. The van der Waals surface area contributed by atoms with Gasteiger partial charge in [0, 0.05) is 6.54 Å². The van der Waals surface area contributed by atoms with Crippen LogP contribution in [-0.4, -0.2) is 42.2 Å². The summed E-state index contributed by atoms with van der Waals surface area (Å²) in [6.45, 7) is 8.80. The Labute approximate surface area is 150 Å². The van der Waals surface area contributed by atoms with Gasteiger partial charge in [-0.25, -0.2) is 4.79 Å². The second-order valence-corrected chi connectivity index (χ2v) is 6.11. The number of ether oxygens (including phenoxy) is 1. The van der Waals surface area contributed by atoms with E-state index in [2.05, 4.69) is 18.7 Å². The van der Waals surface area contributed by atoms with Crippen LogP contribution >= 0.6 is 0 Å². The van der Waals surface area contributed by atoms with Crippen molar-refractivity contribution in [3.8, 4) is 0 Å². The molecule has 25 heavy (non-hydrogen) atoms. The number of benzene rings is 2. The van der Waals surface area contributed by atoms with Gasteiger partial charge in [-0.2, -0.15) is 0 Å². The third-order valence-corrected chi connectivity index (χ3v) is 4.49. The number of likely N-dealkylation sites (N-methyl/N-ethyl adjacent to an activating group) is 1. The van der Waals surface area contributed by atoms with E-state index in [9.17, 15) is 9.90 Å². The number of esters is 1. The lowest BCUT2D eigenvalue weighted by atomic mass is 9.86. The number of hydrogen-bond donors (Lipinski definition) is 1. The Morgan fingerprint density at radius 3 is 2.12 bits per heavy atom. The summed E-state index contributed by atoms with van der Waals surface area (Å²) in [6.07, 6.45) is 0. The average molecular weight is 341 g/mol. The van der Waals surface area contributed by atoms with Crippen LogP contribution in [0.25, 0.3) is 0 Å². The summed E-state index contributed by atoms with van der Waals surface area (Å²) in [5, 5.41) is 11.3. The molecule has 0 heterocycles. The Kier molecular flexibility index (Phi) is 6.73. The van der Waals surface area contributed by atoms with Gasteiger partial charge in [-0.3, -0.25) is 0 Å². The molecule has 4 nitrogen and oxygen atoms in total. The normalized spacial score (nSPS) is 13.5. The van der Waals surface area contributed by atoms with Crippen LogP contribution in [-0.2, 0) is 15.1 Å². The van der Waals surface area contributed by atoms with Crippen LogP contribution < -0.4 is 0 Å². The molecule has 0 radical (unpaired) electrons. The van der Waals surface area contributed by atoms with Crippen LogP contribution in [0.4, 0.5) is 0 Å². The van der Waals surface area contributed by atoms with Gasteiger partial charge in [0.05, 0.1) is 0 Å². The number of aliphatic hydroxyl groups is 1. The molecule has 2 rings (SSSR count). The highest BCUT2D eigenvalue weighted by molar-refractivity contribution is 5.85. The summed E-state index contributed by atoms with van der Waals surface area (Å²) in [5.41, 5.74) is 0.274. The summed E-state index contributed by atoms with van der Waals surface area (Å²) in [5.74, 6) is -0.644.